The van der Waals surface area contributed by atoms with Gasteiger partial charge in [-0.25, -0.2) is 0 Å². The summed E-state index contributed by atoms with van der Waals surface area (Å²) in [6.07, 6.45) is -0.123. The molecule has 0 saturated heterocycles. The molecule has 0 aromatic carbocycles. The van der Waals surface area contributed by atoms with Crippen LogP contribution < -0.4 is 0 Å². The number of likely N-dealkylation sites (N-methyl/N-ethyl adjacent to an activating group) is 1. The third-order valence-corrected chi connectivity index (χ3v) is 3.26. The molecule has 0 saturated carbocycles. The molecule has 0 fully saturated rings. The number of carbonyl (C=O) groups excluding carboxylic acids is 1. The zero-order valence-corrected chi connectivity index (χ0v) is 14.8. The van der Waals surface area contributed by atoms with Crippen LogP contribution in [0.3, 0.4) is 0 Å². The van der Waals surface area contributed by atoms with Gasteiger partial charge >= 0.3 is 5.97 Å². The van der Waals surface area contributed by atoms with E-state index >= 15 is 0 Å². The standard InChI is InChI=1S/C16H29N3O3/c1-11(2)22-15(20)9-19-13(4)14(12(3)17-19)8-18(7)10-16(5,6)21/h11,21H,8-10H2,1-7H3. The molecular formula is C16H29N3O3. The Morgan fingerprint density at radius 2 is 2.00 bits per heavy atom. The Bertz CT molecular complexity index is 515. The first-order valence-electron chi connectivity index (χ1n) is 7.63. The topological polar surface area (TPSA) is 67.6 Å². The van der Waals surface area contributed by atoms with Crippen LogP contribution in [0.25, 0.3) is 0 Å². The second-order valence-corrected chi connectivity index (χ2v) is 6.83. The molecule has 6 nitrogen and oxygen atoms in total. The quantitative estimate of drug-likeness (QED) is 0.776. The van der Waals surface area contributed by atoms with E-state index in [1.165, 1.54) is 0 Å². The first kappa shape index (κ1) is 18.6. The number of rotatable bonds is 7. The molecule has 1 rings (SSSR count). The predicted molar refractivity (Wildman–Crippen MR) is 85.6 cm³/mol. The molecule has 1 aromatic heterocycles. The zero-order chi connectivity index (χ0) is 17.1. The van der Waals surface area contributed by atoms with Crippen LogP contribution in [0.15, 0.2) is 0 Å². The number of aryl methyl sites for hydroxylation is 1. The van der Waals surface area contributed by atoms with Crippen molar-refractivity contribution in [2.24, 2.45) is 0 Å². The highest BCUT2D eigenvalue weighted by Gasteiger charge is 2.20. The highest BCUT2D eigenvalue weighted by Crippen LogP contribution is 2.16. The van der Waals surface area contributed by atoms with E-state index in [2.05, 4.69) is 5.10 Å². The van der Waals surface area contributed by atoms with Crippen LogP contribution in [0.2, 0.25) is 0 Å². The van der Waals surface area contributed by atoms with Crippen molar-refractivity contribution in [1.82, 2.24) is 14.7 Å². The summed E-state index contributed by atoms with van der Waals surface area (Å²) >= 11 is 0. The second-order valence-electron chi connectivity index (χ2n) is 6.83. The van der Waals surface area contributed by atoms with Gasteiger partial charge in [-0.2, -0.15) is 5.10 Å². The fourth-order valence-electron chi connectivity index (χ4n) is 2.53. The van der Waals surface area contributed by atoms with E-state index in [1.54, 1.807) is 18.5 Å². The number of aliphatic hydroxyl groups is 1. The largest absolute Gasteiger partial charge is 0.462 e. The first-order chi connectivity index (χ1) is 9.99. The molecule has 126 valence electrons. The van der Waals surface area contributed by atoms with Crippen LogP contribution in [-0.2, 0) is 22.6 Å². The third-order valence-electron chi connectivity index (χ3n) is 3.26. The minimum absolute atomic E-state index is 0.123. The highest BCUT2D eigenvalue weighted by molar-refractivity contribution is 5.69. The van der Waals surface area contributed by atoms with Gasteiger partial charge in [-0.1, -0.05) is 0 Å². The summed E-state index contributed by atoms with van der Waals surface area (Å²) in [5.41, 5.74) is 2.20. The lowest BCUT2D eigenvalue weighted by atomic mass is 10.1. The van der Waals surface area contributed by atoms with Crippen molar-refractivity contribution < 1.29 is 14.6 Å². The molecule has 0 aliphatic heterocycles. The van der Waals surface area contributed by atoms with Crippen LogP contribution in [0.1, 0.15) is 44.6 Å². The van der Waals surface area contributed by atoms with Crippen molar-refractivity contribution >= 4 is 5.97 Å². The van der Waals surface area contributed by atoms with Crippen molar-refractivity contribution in [3.05, 3.63) is 17.0 Å². The van der Waals surface area contributed by atoms with E-state index in [0.29, 0.717) is 13.1 Å². The first-order valence-corrected chi connectivity index (χ1v) is 7.63. The maximum atomic E-state index is 11.8. The number of hydrogen-bond acceptors (Lipinski definition) is 5. The molecule has 0 unspecified atom stereocenters. The highest BCUT2D eigenvalue weighted by atomic mass is 16.5. The molecule has 1 heterocycles. The van der Waals surface area contributed by atoms with Crippen molar-refractivity contribution in [3.63, 3.8) is 0 Å². The van der Waals surface area contributed by atoms with Crippen molar-refractivity contribution in [2.75, 3.05) is 13.6 Å². The number of nitrogens with zero attached hydrogens (tertiary/aromatic N) is 3. The van der Waals surface area contributed by atoms with Gasteiger partial charge in [-0.15, -0.1) is 0 Å². The van der Waals surface area contributed by atoms with E-state index in [9.17, 15) is 9.90 Å². The van der Waals surface area contributed by atoms with Crippen LogP contribution in [0, 0.1) is 13.8 Å². The Labute approximate surface area is 133 Å². The molecule has 0 radical (unpaired) electrons. The minimum atomic E-state index is -0.742. The molecule has 6 heteroatoms. The number of aromatic nitrogens is 2. The summed E-state index contributed by atoms with van der Waals surface area (Å²) in [6, 6.07) is 0. The zero-order valence-electron chi connectivity index (χ0n) is 14.8. The monoisotopic (exact) mass is 311 g/mol. The van der Waals surface area contributed by atoms with Crippen molar-refractivity contribution in [3.8, 4) is 0 Å². The maximum absolute atomic E-state index is 11.8. The van der Waals surface area contributed by atoms with Crippen molar-refractivity contribution in [2.45, 2.75) is 66.3 Å². The fourth-order valence-corrected chi connectivity index (χ4v) is 2.53. The number of carbonyl (C=O) groups is 1. The average molecular weight is 311 g/mol. The Kier molecular flexibility index (Phi) is 6.14. The lowest BCUT2D eigenvalue weighted by molar-refractivity contribution is -0.148. The summed E-state index contributed by atoms with van der Waals surface area (Å²) in [5.74, 6) is -0.281. The summed E-state index contributed by atoms with van der Waals surface area (Å²) in [4.78, 5) is 13.8. The van der Waals surface area contributed by atoms with Gasteiger partial charge in [0.2, 0.25) is 0 Å². The Morgan fingerprint density at radius 3 is 2.50 bits per heavy atom. The van der Waals surface area contributed by atoms with Crippen LogP contribution >= 0.6 is 0 Å². The molecule has 22 heavy (non-hydrogen) atoms. The fraction of sp³-hybridized carbons (Fsp3) is 0.750. The van der Waals surface area contributed by atoms with E-state index in [4.69, 9.17) is 4.74 Å². The van der Waals surface area contributed by atoms with Gasteiger partial charge < -0.3 is 9.84 Å². The van der Waals surface area contributed by atoms with Gasteiger partial charge in [0.05, 0.1) is 17.4 Å². The van der Waals surface area contributed by atoms with Gasteiger partial charge in [-0.05, 0) is 48.6 Å². The van der Waals surface area contributed by atoms with E-state index in [-0.39, 0.29) is 18.6 Å². The van der Waals surface area contributed by atoms with E-state index in [0.717, 1.165) is 17.0 Å². The lowest BCUT2D eigenvalue weighted by Gasteiger charge is -2.25. The van der Waals surface area contributed by atoms with Gasteiger partial charge in [0.15, 0.2) is 0 Å². The molecular weight excluding hydrogens is 282 g/mol. The predicted octanol–water partition coefficient (Wildman–Crippen LogP) is 1.65. The van der Waals surface area contributed by atoms with Gasteiger partial charge in [0, 0.05) is 24.3 Å². The Balaban J connectivity index is 2.80. The molecule has 0 aliphatic carbocycles. The molecule has 1 N–H and O–H groups in total. The molecule has 0 bridgehead atoms. The minimum Gasteiger partial charge on any atom is -0.462 e. The number of hydrogen-bond donors (Lipinski definition) is 1. The summed E-state index contributed by atoms with van der Waals surface area (Å²) in [6.45, 7) is 12.5. The molecule has 0 amide bonds. The normalized spacial score (nSPS) is 12.3. The summed E-state index contributed by atoms with van der Waals surface area (Å²) < 4.78 is 6.85. The van der Waals surface area contributed by atoms with Gasteiger partial charge in [0.25, 0.3) is 0 Å². The average Bonchev–Trinajstić information content (AvgIpc) is 2.53. The van der Waals surface area contributed by atoms with Gasteiger partial charge in [0.1, 0.15) is 6.54 Å². The Hall–Kier alpha value is -1.40. The lowest BCUT2D eigenvalue weighted by Crippen LogP contribution is -2.36. The van der Waals surface area contributed by atoms with Crippen LogP contribution in [-0.4, -0.2) is 51.1 Å². The maximum Gasteiger partial charge on any atom is 0.328 e. The number of esters is 1. The molecule has 0 spiro atoms. The third kappa shape index (κ3) is 5.77. The van der Waals surface area contributed by atoms with Crippen LogP contribution in [0.5, 0.6) is 0 Å². The van der Waals surface area contributed by atoms with Crippen LogP contribution in [0.4, 0.5) is 0 Å². The SMILES string of the molecule is Cc1nn(CC(=O)OC(C)C)c(C)c1CN(C)CC(C)(C)O. The summed E-state index contributed by atoms with van der Waals surface area (Å²) in [5, 5.41) is 14.3. The number of ether oxygens (including phenoxy) is 1. The van der Waals surface area contributed by atoms with Crippen molar-refractivity contribution in [1.29, 1.82) is 0 Å². The second kappa shape index (κ2) is 7.24. The van der Waals surface area contributed by atoms with Gasteiger partial charge in [-0.3, -0.25) is 14.4 Å². The molecule has 0 aliphatic rings. The van der Waals surface area contributed by atoms with E-state index < -0.39 is 5.60 Å². The molecule has 1 aromatic rings. The summed E-state index contributed by atoms with van der Waals surface area (Å²) in [7, 11) is 1.96. The smallest absolute Gasteiger partial charge is 0.328 e. The molecule has 0 atom stereocenters. The Morgan fingerprint density at radius 1 is 1.41 bits per heavy atom. The van der Waals surface area contributed by atoms with E-state index in [1.807, 2.05) is 39.6 Å².